The molecule has 0 aliphatic rings. The van der Waals surface area contributed by atoms with Crippen molar-refractivity contribution in [3.05, 3.63) is 70.5 Å². The van der Waals surface area contributed by atoms with Crippen LogP contribution < -0.4 is 5.43 Å². The molecule has 0 saturated heterocycles. The minimum Gasteiger partial charge on any atom is -0.267 e. The van der Waals surface area contributed by atoms with Crippen molar-refractivity contribution in [2.75, 3.05) is 0 Å². The van der Waals surface area contributed by atoms with E-state index in [1.54, 1.807) is 24.3 Å². The molecule has 0 saturated carbocycles. The Kier molecular flexibility index (Phi) is 4.26. The Balaban J connectivity index is 1.96. The Labute approximate surface area is 114 Å². The quantitative estimate of drug-likeness (QED) is 0.679. The third-order valence-electron chi connectivity index (χ3n) is 2.36. The maximum Gasteiger partial charge on any atom is 0.271 e. The van der Waals surface area contributed by atoms with E-state index in [0.717, 1.165) is 5.56 Å². The molecule has 2 aromatic carbocycles. The first-order chi connectivity index (χ1) is 9.15. The first-order valence-corrected chi connectivity index (χ1v) is 5.87. The lowest BCUT2D eigenvalue weighted by atomic mass is 10.2. The highest BCUT2D eigenvalue weighted by Gasteiger charge is 2.03. The van der Waals surface area contributed by atoms with E-state index >= 15 is 0 Å². The lowest BCUT2D eigenvalue weighted by Crippen LogP contribution is -2.17. The molecule has 96 valence electrons. The van der Waals surface area contributed by atoms with Crippen LogP contribution >= 0.6 is 11.6 Å². The summed E-state index contributed by atoms with van der Waals surface area (Å²) in [4.78, 5) is 11.6. The Bertz CT molecular complexity index is 594. The average molecular weight is 277 g/mol. The summed E-state index contributed by atoms with van der Waals surface area (Å²) < 4.78 is 12.7. The Morgan fingerprint density at radius 2 is 1.74 bits per heavy atom. The van der Waals surface area contributed by atoms with Crippen molar-refractivity contribution in [1.82, 2.24) is 5.43 Å². The molecule has 0 aliphatic heterocycles. The van der Waals surface area contributed by atoms with E-state index in [-0.39, 0.29) is 5.82 Å². The Hall–Kier alpha value is -2.20. The third-order valence-corrected chi connectivity index (χ3v) is 2.61. The van der Waals surface area contributed by atoms with Crippen molar-refractivity contribution < 1.29 is 9.18 Å². The van der Waals surface area contributed by atoms with Crippen LogP contribution in [0.5, 0.6) is 0 Å². The summed E-state index contributed by atoms with van der Waals surface area (Å²) >= 11 is 5.74. The number of nitrogens with zero attached hydrogens (tertiary/aromatic N) is 1. The number of benzene rings is 2. The van der Waals surface area contributed by atoms with Gasteiger partial charge in [0.15, 0.2) is 0 Å². The molecule has 2 rings (SSSR count). The number of nitrogens with one attached hydrogen (secondary N) is 1. The average Bonchev–Trinajstić information content (AvgIpc) is 2.41. The molecule has 0 aromatic heterocycles. The maximum atomic E-state index is 12.7. The number of hydrogen-bond acceptors (Lipinski definition) is 2. The molecule has 0 aliphatic carbocycles. The number of rotatable bonds is 3. The van der Waals surface area contributed by atoms with Crippen molar-refractivity contribution in [2.45, 2.75) is 0 Å². The monoisotopic (exact) mass is 276 g/mol. The van der Waals surface area contributed by atoms with Gasteiger partial charge < -0.3 is 0 Å². The predicted molar refractivity (Wildman–Crippen MR) is 72.9 cm³/mol. The number of halogens is 2. The molecule has 1 N–H and O–H groups in total. The highest BCUT2D eigenvalue weighted by atomic mass is 35.5. The van der Waals surface area contributed by atoms with Gasteiger partial charge in [-0.15, -0.1) is 0 Å². The van der Waals surface area contributed by atoms with Crippen LogP contribution in [0, 0.1) is 5.82 Å². The Morgan fingerprint density at radius 1 is 1.11 bits per heavy atom. The van der Waals surface area contributed by atoms with Gasteiger partial charge in [-0.25, -0.2) is 9.82 Å². The number of amides is 1. The second kappa shape index (κ2) is 6.11. The fourth-order valence-corrected chi connectivity index (χ4v) is 1.51. The van der Waals surface area contributed by atoms with Crippen molar-refractivity contribution in [3.8, 4) is 0 Å². The molecule has 0 atom stereocenters. The minimum absolute atomic E-state index is 0.342. The first-order valence-electron chi connectivity index (χ1n) is 5.50. The summed E-state index contributed by atoms with van der Waals surface area (Å²) in [6.07, 6.45) is 1.50. The summed E-state index contributed by atoms with van der Waals surface area (Å²) in [6, 6.07) is 12.2. The van der Waals surface area contributed by atoms with Crippen LogP contribution in [0.4, 0.5) is 4.39 Å². The van der Waals surface area contributed by atoms with Crippen molar-refractivity contribution >= 4 is 23.7 Å². The van der Waals surface area contributed by atoms with Gasteiger partial charge in [0.05, 0.1) is 6.21 Å². The second-order valence-corrected chi connectivity index (χ2v) is 4.19. The van der Waals surface area contributed by atoms with E-state index in [2.05, 4.69) is 10.5 Å². The molecular weight excluding hydrogens is 267 g/mol. The van der Waals surface area contributed by atoms with Gasteiger partial charge in [0.1, 0.15) is 5.82 Å². The van der Waals surface area contributed by atoms with E-state index in [0.29, 0.717) is 10.6 Å². The van der Waals surface area contributed by atoms with Gasteiger partial charge in [0.2, 0.25) is 0 Å². The molecule has 0 spiro atoms. The van der Waals surface area contributed by atoms with Crippen molar-refractivity contribution in [2.24, 2.45) is 5.10 Å². The van der Waals surface area contributed by atoms with Crippen LogP contribution in [-0.4, -0.2) is 12.1 Å². The number of carbonyl (C=O) groups is 1. The largest absolute Gasteiger partial charge is 0.271 e. The van der Waals surface area contributed by atoms with E-state index in [4.69, 9.17) is 11.6 Å². The zero-order valence-electron chi connectivity index (χ0n) is 9.81. The topological polar surface area (TPSA) is 41.5 Å². The summed E-state index contributed by atoms with van der Waals surface area (Å²) in [5, 5.41) is 4.44. The van der Waals surface area contributed by atoms with E-state index in [1.165, 1.54) is 30.5 Å². The van der Waals surface area contributed by atoms with Crippen molar-refractivity contribution in [1.29, 1.82) is 0 Å². The number of hydrogen-bond donors (Lipinski definition) is 1. The number of hydrazone groups is 1. The van der Waals surface area contributed by atoms with Crippen LogP contribution in [0.2, 0.25) is 5.02 Å². The Morgan fingerprint density at radius 3 is 2.37 bits per heavy atom. The summed E-state index contributed by atoms with van der Waals surface area (Å²) in [5.41, 5.74) is 3.51. The van der Waals surface area contributed by atoms with Gasteiger partial charge in [-0.1, -0.05) is 23.7 Å². The molecule has 5 heteroatoms. The van der Waals surface area contributed by atoms with Gasteiger partial charge in [-0.05, 0) is 42.0 Å². The molecule has 0 bridgehead atoms. The summed E-state index contributed by atoms with van der Waals surface area (Å²) in [7, 11) is 0. The first kappa shape index (κ1) is 13.2. The lowest BCUT2D eigenvalue weighted by molar-refractivity contribution is 0.0955. The zero-order chi connectivity index (χ0) is 13.7. The van der Waals surface area contributed by atoms with Gasteiger partial charge in [-0.3, -0.25) is 4.79 Å². The van der Waals surface area contributed by atoms with Gasteiger partial charge in [0.25, 0.3) is 5.91 Å². The van der Waals surface area contributed by atoms with Gasteiger partial charge in [0, 0.05) is 10.6 Å². The molecule has 3 nitrogen and oxygen atoms in total. The smallest absolute Gasteiger partial charge is 0.267 e. The third kappa shape index (κ3) is 3.89. The van der Waals surface area contributed by atoms with Crippen LogP contribution in [0.15, 0.2) is 53.6 Å². The fourth-order valence-electron chi connectivity index (χ4n) is 1.38. The highest BCUT2D eigenvalue weighted by molar-refractivity contribution is 6.30. The van der Waals surface area contributed by atoms with Gasteiger partial charge >= 0.3 is 0 Å². The molecule has 19 heavy (non-hydrogen) atoms. The molecule has 2 aromatic rings. The molecule has 0 heterocycles. The SMILES string of the molecule is O=C(N/N=C/c1ccc(Cl)cc1)c1ccc(F)cc1. The molecule has 1 amide bonds. The highest BCUT2D eigenvalue weighted by Crippen LogP contribution is 2.07. The predicted octanol–water partition coefficient (Wildman–Crippen LogP) is 3.24. The van der Waals surface area contributed by atoms with Crippen LogP contribution in [0.1, 0.15) is 15.9 Å². The minimum atomic E-state index is -0.398. The molecule has 0 unspecified atom stereocenters. The van der Waals surface area contributed by atoms with E-state index < -0.39 is 5.91 Å². The summed E-state index contributed by atoms with van der Waals surface area (Å²) in [5.74, 6) is -0.786. The number of carbonyl (C=O) groups excluding carboxylic acids is 1. The second-order valence-electron chi connectivity index (χ2n) is 3.76. The van der Waals surface area contributed by atoms with Gasteiger partial charge in [-0.2, -0.15) is 5.10 Å². The van der Waals surface area contributed by atoms with Crippen LogP contribution in [0.3, 0.4) is 0 Å². The van der Waals surface area contributed by atoms with Crippen molar-refractivity contribution in [3.63, 3.8) is 0 Å². The van der Waals surface area contributed by atoms with E-state index in [9.17, 15) is 9.18 Å². The van der Waals surface area contributed by atoms with Crippen LogP contribution in [0.25, 0.3) is 0 Å². The molecular formula is C14H10ClFN2O. The van der Waals surface area contributed by atoms with E-state index in [1.807, 2.05) is 0 Å². The maximum absolute atomic E-state index is 12.7. The standard InChI is InChI=1S/C14H10ClFN2O/c15-12-5-1-10(2-6-12)9-17-18-14(19)11-3-7-13(16)8-4-11/h1-9H,(H,18,19)/b17-9+. The summed E-state index contributed by atoms with van der Waals surface area (Å²) in [6.45, 7) is 0. The fraction of sp³-hybridized carbons (Fsp3) is 0. The molecule has 0 radical (unpaired) electrons. The zero-order valence-corrected chi connectivity index (χ0v) is 10.6. The normalized spacial score (nSPS) is 10.6. The lowest BCUT2D eigenvalue weighted by Gasteiger charge is -1.99. The molecule has 0 fully saturated rings. The van der Waals surface area contributed by atoms with Crippen LogP contribution in [-0.2, 0) is 0 Å².